The fraction of sp³-hybridized carbons (Fsp3) is 0.926. The highest BCUT2D eigenvalue weighted by Crippen LogP contribution is 2.68. The minimum absolute atomic E-state index is 0.0344. The maximum atomic E-state index is 12.2. The summed E-state index contributed by atoms with van der Waals surface area (Å²) in [6.07, 6.45) is 9.24. The maximum absolute atomic E-state index is 12.2. The van der Waals surface area contributed by atoms with E-state index in [9.17, 15) is 19.8 Å². The van der Waals surface area contributed by atoms with Gasteiger partial charge in [0.25, 0.3) is 0 Å². The topological polar surface area (TPSA) is 107 Å². The Balaban J connectivity index is 1.40. The zero-order valence-corrected chi connectivity index (χ0v) is 20.8. The van der Waals surface area contributed by atoms with Crippen molar-refractivity contribution in [2.24, 2.45) is 46.3 Å². The van der Waals surface area contributed by atoms with Crippen LogP contribution in [0.1, 0.15) is 91.4 Å². The summed E-state index contributed by atoms with van der Waals surface area (Å²) in [5.74, 6) is 2.00. The summed E-state index contributed by atoms with van der Waals surface area (Å²) >= 11 is 0. The van der Waals surface area contributed by atoms with Crippen LogP contribution >= 0.6 is 0 Å². The molecule has 33 heavy (non-hydrogen) atoms. The van der Waals surface area contributed by atoms with Crippen molar-refractivity contribution in [1.29, 1.82) is 0 Å². The van der Waals surface area contributed by atoms with Gasteiger partial charge in [-0.3, -0.25) is 9.59 Å². The highest BCUT2D eigenvalue weighted by atomic mass is 16.4. The Morgan fingerprint density at radius 1 is 0.970 bits per heavy atom. The van der Waals surface area contributed by atoms with Crippen molar-refractivity contribution < 1.29 is 24.9 Å². The number of aliphatic hydroxyl groups excluding tert-OH is 2. The third kappa shape index (κ3) is 4.59. The van der Waals surface area contributed by atoms with Gasteiger partial charge in [-0.2, -0.15) is 0 Å². The van der Waals surface area contributed by atoms with Crippen molar-refractivity contribution in [3.63, 3.8) is 0 Å². The van der Waals surface area contributed by atoms with E-state index < -0.39 is 5.97 Å². The normalized spacial score (nSPS) is 45.4. The van der Waals surface area contributed by atoms with Crippen molar-refractivity contribution in [3.05, 3.63) is 0 Å². The molecular formula is C27H45NO5. The Morgan fingerprint density at radius 3 is 2.39 bits per heavy atom. The summed E-state index contributed by atoms with van der Waals surface area (Å²) in [5, 5.41) is 33.1. The predicted molar refractivity (Wildman–Crippen MR) is 126 cm³/mol. The summed E-state index contributed by atoms with van der Waals surface area (Å²) < 4.78 is 0. The lowest BCUT2D eigenvalue weighted by atomic mass is 9.43. The molecular weight excluding hydrogens is 418 g/mol. The second-order valence-corrected chi connectivity index (χ2v) is 12.5. The van der Waals surface area contributed by atoms with E-state index in [0.29, 0.717) is 41.9 Å². The number of carbonyl (C=O) groups is 2. The molecule has 4 aliphatic rings. The van der Waals surface area contributed by atoms with Crippen molar-refractivity contribution in [1.82, 2.24) is 5.32 Å². The molecule has 6 nitrogen and oxygen atoms in total. The Bertz CT molecular complexity index is 742. The Labute approximate surface area is 198 Å². The molecule has 0 heterocycles. The average Bonchev–Trinajstić information content (AvgIpc) is 3.10. The molecule has 0 aromatic heterocycles. The summed E-state index contributed by atoms with van der Waals surface area (Å²) in [5.41, 5.74) is 0.473. The molecule has 0 spiro atoms. The second-order valence-electron chi connectivity index (χ2n) is 12.5. The molecule has 0 saturated heterocycles. The van der Waals surface area contributed by atoms with E-state index in [0.717, 1.165) is 32.1 Å². The van der Waals surface area contributed by atoms with Crippen LogP contribution in [0.25, 0.3) is 0 Å². The van der Waals surface area contributed by atoms with Gasteiger partial charge in [0, 0.05) is 13.0 Å². The number of carboxylic acids is 1. The lowest BCUT2D eigenvalue weighted by Gasteiger charge is -2.62. The molecule has 0 aromatic rings. The predicted octanol–water partition coefficient (Wildman–Crippen LogP) is 3.98. The summed E-state index contributed by atoms with van der Waals surface area (Å²) in [6, 6.07) is 0. The average molecular weight is 464 g/mol. The highest BCUT2D eigenvalue weighted by Gasteiger charge is 2.62. The Morgan fingerprint density at radius 2 is 1.67 bits per heavy atom. The molecule has 188 valence electrons. The first-order valence-electron chi connectivity index (χ1n) is 13.4. The highest BCUT2D eigenvalue weighted by molar-refractivity contribution is 5.76. The monoisotopic (exact) mass is 463 g/mol. The van der Waals surface area contributed by atoms with Crippen molar-refractivity contribution in [3.8, 4) is 0 Å². The molecule has 0 radical (unpaired) electrons. The van der Waals surface area contributed by atoms with Gasteiger partial charge in [0.05, 0.1) is 18.6 Å². The van der Waals surface area contributed by atoms with Gasteiger partial charge in [-0.05, 0) is 104 Å². The number of carboxylic acid groups (broad SMARTS) is 1. The van der Waals surface area contributed by atoms with E-state index in [1.54, 1.807) is 0 Å². The van der Waals surface area contributed by atoms with Gasteiger partial charge in [0.15, 0.2) is 0 Å². The molecule has 0 aliphatic heterocycles. The van der Waals surface area contributed by atoms with Crippen LogP contribution in [0.5, 0.6) is 0 Å². The van der Waals surface area contributed by atoms with E-state index in [4.69, 9.17) is 5.11 Å². The van der Waals surface area contributed by atoms with Crippen LogP contribution in [-0.2, 0) is 9.59 Å². The molecule has 6 heteroatoms. The second kappa shape index (κ2) is 9.49. The van der Waals surface area contributed by atoms with E-state index in [-0.39, 0.29) is 41.9 Å². The number of hydrogen-bond acceptors (Lipinski definition) is 4. The molecule has 4 aliphatic carbocycles. The zero-order valence-electron chi connectivity index (χ0n) is 20.8. The quantitative estimate of drug-likeness (QED) is 0.457. The van der Waals surface area contributed by atoms with Gasteiger partial charge in [-0.1, -0.05) is 20.8 Å². The van der Waals surface area contributed by atoms with Crippen LogP contribution in [0.15, 0.2) is 0 Å². The molecule has 10 atom stereocenters. The van der Waals surface area contributed by atoms with Crippen LogP contribution in [0, 0.1) is 46.3 Å². The first kappa shape index (κ1) is 25.0. The lowest BCUT2D eigenvalue weighted by molar-refractivity contribution is -0.174. The SMILES string of the molecule is C[C@H](CCC(=O)NCCC(=O)O)[C@H]1CCC2C3C(CC[C@@]21C)[C@@]1(C)CC[C@@H](O)C[C@H]1C[C@@H]3O. The van der Waals surface area contributed by atoms with Gasteiger partial charge < -0.3 is 20.6 Å². The Kier molecular flexibility index (Phi) is 7.18. The minimum Gasteiger partial charge on any atom is -0.481 e. The van der Waals surface area contributed by atoms with E-state index in [2.05, 4.69) is 26.1 Å². The first-order chi connectivity index (χ1) is 15.6. The number of aliphatic carboxylic acids is 1. The van der Waals surface area contributed by atoms with Crippen LogP contribution in [0.4, 0.5) is 0 Å². The molecule has 4 N–H and O–H groups in total. The first-order valence-corrected chi connectivity index (χ1v) is 13.4. The molecule has 4 rings (SSSR count). The molecule has 4 saturated carbocycles. The Hall–Kier alpha value is -1.14. The molecule has 0 bridgehead atoms. The fourth-order valence-corrected chi connectivity index (χ4v) is 9.13. The molecule has 4 fully saturated rings. The lowest BCUT2D eigenvalue weighted by Crippen LogP contribution is -2.58. The molecule has 3 unspecified atom stereocenters. The van der Waals surface area contributed by atoms with Crippen LogP contribution in [0.3, 0.4) is 0 Å². The summed E-state index contributed by atoms with van der Waals surface area (Å²) in [7, 11) is 0. The van der Waals surface area contributed by atoms with Crippen LogP contribution < -0.4 is 5.32 Å². The van der Waals surface area contributed by atoms with Crippen molar-refractivity contribution in [2.75, 3.05) is 6.54 Å². The number of aliphatic hydroxyl groups is 2. The van der Waals surface area contributed by atoms with Gasteiger partial charge in [0.1, 0.15) is 0 Å². The third-order valence-electron chi connectivity index (χ3n) is 10.9. The van der Waals surface area contributed by atoms with Gasteiger partial charge in [-0.25, -0.2) is 0 Å². The smallest absolute Gasteiger partial charge is 0.305 e. The van der Waals surface area contributed by atoms with Gasteiger partial charge in [-0.15, -0.1) is 0 Å². The number of hydrogen-bond donors (Lipinski definition) is 4. The standard InChI is InChI=1S/C27H45NO5/c1-16(4-7-23(31)28-13-10-24(32)33)19-5-6-20-25-21(9-12-27(19,20)3)26(2)11-8-18(29)14-17(26)15-22(25)30/h16-22,25,29-30H,4-15H2,1-3H3,(H,28,31)(H,32,33)/t16-,17+,18-,19-,20?,21?,22+,25?,26+,27-/m1/s1. The van der Waals surface area contributed by atoms with Crippen molar-refractivity contribution in [2.45, 2.75) is 104 Å². The van der Waals surface area contributed by atoms with Crippen LogP contribution in [0.2, 0.25) is 0 Å². The third-order valence-corrected chi connectivity index (χ3v) is 10.9. The zero-order chi connectivity index (χ0) is 24.0. The minimum atomic E-state index is -0.890. The van der Waals surface area contributed by atoms with Crippen molar-refractivity contribution >= 4 is 11.9 Å². The van der Waals surface area contributed by atoms with Crippen LogP contribution in [-0.4, -0.2) is 45.9 Å². The van der Waals surface area contributed by atoms with Gasteiger partial charge in [0.2, 0.25) is 5.91 Å². The summed E-state index contributed by atoms with van der Waals surface area (Å²) in [6.45, 7) is 7.39. The number of fused-ring (bicyclic) bond motifs is 5. The number of nitrogens with one attached hydrogen (secondary N) is 1. The maximum Gasteiger partial charge on any atom is 0.305 e. The van der Waals surface area contributed by atoms with E-state index >= 15 is 0 Å². The number of amides is 1. The fourth-order valence-electron chi connectivity index (χ4n) is 9.13. The largest absolute Gasteiger partial charge is 0.481 e. The number of rotatable bonds is 7. The van der Waals surface area contributed by atoms with E-state index in [1.807, 2.05) is 0 Å². The van der Waals surface area contributed by atoms with E-state index in [1.165, 1.54) is 25.7 Å². The summed E-state index contributed by atoms with van der Waals surface area (Å²) in [4.78, 5) is 22.8. The molecule has 1 amide bonds. The number of carbonyl (C=O) groups excluding carboxylic acids is 1. The van der Waals surface area contributed by atoms with Gasteiger partial charge >= 0.3 is 5.97 Å². The molecule has 0 aromatic carbocycles.